The minimum atomic E-state index is 0.224. The molecule has 1 atom stereocenters. The molecule has 98 valence electrons. The molecule has 1 aromatic carbocycles. The lowest BCUT2D eigenvalue weighted by Crippen LogP contribution is -2.08. The first-order valence-electron chi connectivity index (χ1n) is 6.09. The van der Waals surface area contributed by atoms with Crippen LogP contribution in [0.5, 0.6) is 0 Å². The maximum atomic E-state index is 6.13. The van der Waals surface area contributed by atoms with Crippen molar-refractivity contribution in [2.75, 3.05) is 11.1 Å². The highest BCUT2D eigenvalue weighted by molar-refractivity contribution is 6.35. The number of fused-ring (bicyclic) bond motifs is 1. The Morgan fingerprint density at radius 3 is 2.89 bits per heavy atom. The van der Waals surface area contributed by atoms with Gasteiger partial charge in [-0.1, -0.05) is 29.3 Å². The summed E-state index contributed by atoms with van der Waals surface area (Å²) in [5.41, 5.74) is 9.17. The van der Waals surface area contributed by atoms with Gasteiger partial charge in [0.25, 0.3) is 0 Å². The monoisotopic (exact) mass is 293 g/mol. The van der Waals surface area contributed by atoms with Gasteiger partial charge in [0.15, 0.2) is 0 Å². The van der Waals surface area contributed by atoms with Gasteiger partial charge in [0.1, 0.15) is 5.82 Å². The normalized spacial score (nSPS) is 17.3. The maximum Gasteiger partial charge on any atom is 0.145 e. The third kappa shape index (κ3) is 2.48. The third-order valence-corrected chi connectivity index (χ3v) is 3.86. The number of rotatable bonds is 2. The molecule has 19 heavy (non-hydrogen) atoms. The second-order valence-electron chi connectivity index (χ2n) is 4.68. The molecule has 3 nitrogen and oxygen atoms in total. The maximum absolute atomic E-state index is 6.13. The number of nitrogens with one attached hydrogen (secondary N) is 1. The number of nitrogen functional groups attached to an aromatic ring is 1. The number of pyridine rings is 1. The Balaban J connectivity index is 1.86. The summed E-state index contributed by atoms with van der Waals surface area (Å²) in [5.74, 6) is 0.667. The van der Waals surface area contributed by atoms with Crippen molar-refractivity contribution in [3.63, 3.8) is 0 Å². The van der Waals surface area contributed by atoms with Gasteiger partial charge in [-0.2, -0.15) is 0 Å². The molecular formula is C14H13Cl2N3. The zero-order valence-electron chi connectivity index (χ0n) is 10.2. The van der Waals surface area contributed by atoms with Gasteiger partial charge in [-0.15, -0.1) is 0 Å². The van der Waals surface area contributed by atoms with Crippen molar-refractivity contribution in [3.8, 4) is 0 Å². The quantitative estimate of drug-likeness (QED) is 0.821. The first-order chi connectivity index (χ1) is 9.13. The van der Waals surface area contributed by atoms with Crippen molar-refractivity contribution >= 4 is 34.7 Å². The average Bonchev–Trinajstić information content (AvgIpc) is 2.75. The number of hydrogen-bond donors (Lipinski definition) is 2. The standard InChI is InChI=1S/C14H13Cl2N3/c15-9-6-12(16)14(18-7-9)19-13-4-1-8-5-10(17)2-3-11(8)13/h2-3,5-7,13H,1,4,17H2,(H,18,19). The smallest absolute Gasteiger partial charge is 0.145 e. The van der Waals surface area contributed by atoms with Crippen LogP contribution in [0.25, 0.3) is 0 Å². The summed E-state index contributed by atoms with van der Waals surface area (Å²) in [4.78, 5) is 4.23. The molecule has 0 bridgehead atoms. The number of halogens is 2. The van der Waals surface area contributed by atoms with Crippen molar-refractivity contribution in [3.05, 3.63) is 51.6 Å². The van der Waals surface area contributed by atoms with Gasteiger partial charge in [0, 0.05) is 11.9 Å². The van der Waals surface area contributed by atoms with Crippen LogP contribution in [0.15, 0.2) is 30.5 Å². The van der Waals surface area contributed by atoms with Gasteiger partial charge in [0.2, 0.25) is 0 Å². The molecule has 1 aromatic heterocycles. The number of aromatic nitrogens is 1. The van der Waals surface area contributed by atoms with Crippen LogP contribution in [0.1, 0.15) is 23.6 Å². The molecule has 1 aliphatic rings. The van der Waals surface area contributed by atoms with Crippen molar-refractivity contribution in [1.29, 1.82) is 0 Å². The highest BCUT2D eigenvalue weighted by Crippen LogP contribution is 2.36. The van der Waals surface area contributed by atoms with E-state index in [9.17, 15) is 0 Å². The van der Waals surface area contributed by atoms with Gasteiger partial charge in [-0.3, -0.25) is 0 Å². The topological polar surface area (TPSA) is 50.9 Å². The molecule has 2 aromatic rings. The molecular weight excluding hydrogens is 281 g/mol. The van der Waals surface area contributed by atoms with Crippen LogP contribution < -0.4 is 11.1 Å². The average molecular weight is 294 g/mol. The predicted molar refractivity (Wildman–Crippen MR) is 79.8 cm³/mol. The Bertz CT molecular complexity index is 628. The Hall–Kier alpha value is -1.45. The number of hydrogen-bond acceptors (Lipinski definition) is 3. The van der Waals surface area contributed by atoms with Gasteiger partial charge < -0.3 is 11.1 Å². The highest BCUT2D eigenvalue weighted by atomic mass is 35.5. The lowest BCUT2D eigenvalue weighted by atomic mass is 10.1. The fourth-order valence-electron chi connectivity index (χ4n) is 2.47. The fraction of sp³-hybridized carbons (Fsp3) is 0.214. The summed E-state index contributed by atoms with van der Waals surface area (Å²) in [6, 6.07) is 7.95. The first kappa shape index (κ1) is 12.6. The number of anilines is 2. The van der Waals surface area contributed by atoms with Crippen LogP contribution in [0.4, 0.5) is 11.5 Å². The Kier molecular flexibility index (Phi) is 3.25. The lowest BCUT2D eigenvalue weighted by Gasteiger charge is -2.16. The zero-order valence-corrected chi connectivity index (χ0v) is 11.7. The van der Waals surface area contributed by atoms with Crippen molar-refractivity contribution in [2.24, 2.45) is 0 Å². The molecule has 0 saturated heterocycles. The van der Waals surface area contributed by atoms with E-state index in [2.05, 4.69) is 16.4 Å². The molecule has 3 N–H and O–H groups in total. The number of nitrogens with two attached hydrogens (primary N) is 1. The van der Waals surface area contributed by atoms with Gasteiger partial charge >= 0.3 is 0 Å². The summed E-state index contributed by atoms with van der Waals surface area (Å²) in [6.45, 7) is 0. The zero-order chi connectivity index (χ0) is 13.4. The summed E-state index contributed by atoms with van der Waals surface area (Å²) in [5, 5.41) is 4.44. The van der Waals surface area contributed by atoms with E-state index in [0.717, 1.165) is 18.5 Å². The summed E-state index contributed by atoms with van der Waals surface area (Å²) in [7, 11) is 0. The third-order valence-electron chi connectivity index (χ3n) is 3.36. The highest BCUT2D eigenvalue weighted by Gasteiger charge is 2.23. The summed E-state index contributed by atoms with van der Waals surface area (Å²) in [6.07, 6.45) is 3.62. The molecule has 0 amide bonds. The van der Waals surface area contributed by atoms with Gasteiger partial charge in [-0.25, -0.2) is 4.98 Å². The van der Waals surface area contributed by atoms with Gasteiger partial charge in [0.05, 0.1) is 16.1 Å². The Labute approximate surface area is 121 Å². The Morgan fingerprint density at radius 1 is 1.26 bits per heavy atom. The first-order valence-corrected chi connectivity index (χ1v) is 6.85. The summed E-state index contributed by atoms with van der Waals surface area (Å²) < 4.78 is 0. The van der Waals surface area contributed by atoms with Crippen LogP contribution >= 0.6 is 23.2 Å². The Morgan fingerprint density at radius 2 is 2.11 bits per heavy atom. The molecule has 0 saturated carbocycles. The van der Waals surface area contributed by atoms with Crippen LogP contribution in [-0.4, -0.2) is 4.98 Å². The number of nitrogens with zero attached hydrogens (tertiary/aromatic N) is 1. The predicted octanol–water partition coefficient (Wildman–Crippen LogP) is 4.07. The minimum Gasteiger partial charge on any atom is -0.399 e. The van der Waals surface area contributed by atoms with E-state index in [1.807, 2.05) is 12.1 Å². The molecule has 5 heteroatoms. The van der Waals surface area contributed by atoms with Crippen LogP contribution in [0.3, 0.4) is 0 Å². The van der Waals surface area contributed by atoms with Crippen LogP contribution in [0.2, 0.25) is 10.0 Å². The molecule has 1 aliphatic carbocycles. The fourth-order valence-corrected chi connectivity index (χ4v) is 2.91. The second-order valence-corrected chi connectivity index (χ2v) is 5.52. The van der Waals surface area contributed by atoms with Crippen molar-refractivity contribution < 1.29 is 0 Å². The molecule has 0 fully saturated rings. The second kappa shape index (κ2) is 4.91. The molecule has 1 unspecified atom stereocenters. The molecule has 3 rings (SSSR count). The SMILES string of the molecule is Nc1ccc2c(c1)CCC2Nc1ncc(Cl)cc1Cl. The van der Waals surface area contributed by atoms with Crippen LogP contribution in [-0.2, 0) is 6.42 Å². The number of aryl methyl sites for hydroxylation is 1. The molecule has 0 aliphatic heterocycles. The van der Waals surface area contributed by atoms with E-state index < -0.39 is 0 Å². The molecule has 0 spiro atoms. The van der Waals surface area contributed by atoms with E-state index in [-0.39, 0.29) is 6.04 Å². The van der Waals surface area contributed by atoms with E-state index >= 15 is 0 Å². The van der Waals surface area contributed by atoms with E-state index in [1.165, 1.54) is 11.1 Å². The molecule has 0 radical (unpaired) electrons. The summed E-state index contributed by atoms with van der Waals surface area (Å²) >= 11 is 12.0. The minimum absolute atomic E-state index is 0.224. The molecule has 1 heterocycles. The van der Waals surface area contributed by atoms with E-state index in [4.69, 9.17) is 28.9 Å². The lowest BCUT2D eigenvalue weighted by molar-refractivity contribution is 0.757. The van der Waals surface area contributed by atoms with Crippen molar-refractivity contribution in [2.45, 2.75) is 18.9 Å². The van der Waals surface area contributed by atoms with Crippen molar-refractivity contribution in [1.82, 2.24) is 4.98 Å². The number of benzene rings is 1. The van der Waals surface area contributed by atoms with Crippen LogP contribution in [0, 0.1) is 0 Å². The van der Waals surface area contributed by atoms with E-state index in [1.54, 1.807) is 12.3 Å². The van der Waals surface area contributed by atoms with Gasteiger partial charge in [-0.05, 0) is 42.2 Å². The largest absolute Gasteiger partial charge is 0.399 e. The van der Waals surface area contributed by atoms with E-state index in [0.29, 0.717) is 15.9 Å².